The highest BCUT2D eigenvalue weighted by atomic mass is 16.5. The Balaban J connectivity index is 1.99. The largest absolute Gasteiger partial charge is 0.481 e. The zero-order chi connectivity index (χ0) is 17.1. The molecule has 0 amide bonds. The molecule has 0 aliphatic heterocycles. The SMILES string of the molecule is COc1ccc(-c2nnc(-c3cccc(C(=O)O)c3)o2)c(OC)n1. The monoisotopic (exact) mass is 327 g/mol. The lowest BCUT2D eigenvalue weighted by Gasteiger charge is -2.05. The minimum Gasteiger partial charge on any atom is -0.481 e. The van der Waals surface area contributed by atoms with Crippen molar-refractivity contribution in [2.75, 3.05) is 14.2 Å². The van der Waals surface area contributed by atoms with Crippen LogP contribution < -0.4 is 9.47 Å². The number of carboxylic acids is 1. The molecule has 0 bridgehead atoms. The van der Waals surface area contributed by atoms with E-state index in [2.05, 4.69) is 15.2 Å². The molecule has 3 rings (SSSR count). The summed E-state index contributed by atoms with van der Waals surface area (Å²) in [6.45, 7) is 0. The number of ether oxygens (including phenoxy) is 2. The molecule has 2 aromatic heterocycles. The third kappa shape index (κ3) is 2.89. The Labute approximate surface area is 136 Å². The van der Waals surface area contributed by atoms with E-state index in [4.69, 9.17) is 19.0 Å². The van der Waals surface area contributed by atoms with Crippen molar-refractivity contribution in [1.82, 2.24) is 15.2 Å². The topological polar surface area (TPSA) is 108 Å². The Morgan fingerprint density at radius 1 is 1.08 bits per heavy atom. The standard InChI is InChI=1S/C16H13N3O5/c1-22-12-7-6-11(14(17-12)23-2)15-19-18-13(24-15)9-4-3-5-10(8-9)16(20)21/h3-8H,1-2H3,(H,20,21). The Morgan fingerprint density at radius 3 is 2.58 bits per heavy atom. The minimum absolute atomic E-state index is 0.135. The molecule has 0 fully saturated rings. The van der Waals surface area contributed by atoms with Crippen molar-refractivity contribution in [3.63, 3.8) is 0 Å². The normalized spacial score (nSPS) is 10.4. The summed E-state index contributed by atoms with van der Waals surface area (Å²) in [4.78, 5) is 15.2. The van der Waals surface area contributed by atoms with E-state index in [1.54, 1.807) is 24.3 Å². The first-order valence-corrected chi connectivity index (χ1v) is 6.89. The van der Waals surface area contributed by atoms with E-state index in [0.29, 0.717) is 17.0 Å². The highest BCUT2D eigenvalue weighted by Crippen LogP contribution is 2.31. The van der Waals surface area contributed by atoms with Crippen LogP contribution in [0.25, 0.3) is 22.9 Å². The molecule has 0 atom stereocenters. The second-order valence-corrected chi connectivity index (χ2v) is 4.71. The zero-order valence-electron chi connectivity index (χ0n) is 12.9. The van der Waals surface area contributed by atoms with Crippen molar-refractivity contribution >= 4 is 5.97 Å². The van der Waals surface area contributed by atoms with Crippen LogP contribution in [0.3, 0.4) is 0 Å². The highest BCUT2D eigenvalue weighted by molar-refractivity contribution is 5.89. The summed E-state index contributed by atoms with van der Waals surface area (Å²) in [7, 11) is 2.97. The first-order valence-electron chi connectivity index (χ1n) is 6.89. The summed E-state index contributed by atoms with van der Waals surface area (Å²) in [6, 6.07) is 9.58. The maximum absolute atomic E-state index is 11.1. The molecule has 0 unspecified atom stereocenters. The Kier molecular flexibility index (Phi) is 4.11. The Hall–Kier alpha value is -3.42. The molecule has 0 aliphatic carbocycles. The molecule has 1 N–H and O–H groups in total. The van der Waals surface area contributed by atoms with Crippen LogP contribution >= 0.6 is 0 Å². The lowest BCUT2D eigenvalue weighted by atomic mass is 10.1. The van der Waals surface area contributed by atoms with E-state index >= 15 is 0 Å². The molecule has 3 aromatic rings. The molecule has 0 saturated carbocycles. The van der Waals surface area contributed by atoms with Gasteiger partial charge in [0.05, 0.1) is 19.8 Å². The predicted octanol–water partition coefficient (Wildman–Crippen LogP) is 2.51. The van der Waals surface area contributed by atoms with Crippen molar-refractivity contribution in [2.45, 2.75) is 0 Å². The number of benzene rings is 1. The molecule has 0 radical (unpaired) electrons. The minimum atomic E-state index is -1.03. The van der Waals surface area contributed by atoms with Crippen molar-refractivity contribution < 1.29 is 23.8 Å². The summed E-state index contributed by atoms with van der Waals surface area (Å²) in [5.41, 5.74) is 1.15. The summed E-state index contributed by atoms with van der Waals surface area (Å²) in [5.74, 6) is 0.0506. The van der Waals surface area contributed by atoms with Gasteiger partial charge in [0, 0.05) is 11.6 Å². The van der Waals surface area contributed by atoms with Gasteiger partial charge in [-0.15, -0.1) is 10.2 Å². The number of nitrogens with zero attached hydrogens (tertiary/aromatic N) is 3. The number of aromatic carboxylic acids is 1. The van der Waals surface area contributed by atoms with Gasteiger partial charge in [-0.05, 0) is 24.3 Å². The summed E-state index contributed by atoms with van der Waals surface area (Å²) in [5, 5.41) is 17.0. The molecule has 0 spiro atoms. The van der Waals surface area contributed by atoms with Gasteiger partial charge in [-0.3, -0.25) is 0 Å². The van der Waals surface area contributed by atoms with E-state index in [0.717, 1.165) is 0 Å². The third-order valence-corrected chi connectivity index (χ3v) is 3.25. The number of hydrogen-bond acceptors (Lipinski definition) is 7. The number of methoxy groups -OCH3 is 2. The van der Waals surface area contributed by atoms with Gasteiger partial charge in [0.2, 0.25) is 17.7 Å². The van der Waals surface area contributed by atoms with Gasteiger partial charge in [0.15, 0.2) is 0 Å². The molecule has 122 valence electrons. The lowest BCUT2D eigenvalue weighted by Crippen LogP contribution is -1.95. The van der Waals surface area contributed by atoms with Crippen molar-refractivity contribution in [3.8, 4) is 34.7 Å². The van der Waals surface area contributed by atoms with Gasteiger partial charge in [0.1, 0.15) is 5.56 Å². The van der Waals surface area contributed by atoms with E-state index < -0.39 is 5.97 Å². The predicted molar refractivity (Wildman–Crippen MR) is 83.0 cm³/mol. The van der Waals surface area contributed by atoms with Crippen LogP contribution in [0.4, 0.5) is 0 Å². The molecule has 2 heterocycles. The number of rotatable bonds is 5. The number of pyridine rings is 1. The van der Waals surface area contributed by atoms with Crippen LogP contribution in [0.2, 0.25) is 0 Å². The molecule has 8 heteroatoms. The average molecular weight is 327 g/mol. The molecule has 0 aliphatic rings. The molecular weight excluding hydrogens is 314 g/mol. The summed E-state index contributed by atoms with van der Waals surface area (Å²) in [6.07, 6.45) is 0. The van der Waals surface area contributed by atoms with Crippen LogP contribution in [0.1, 0.15) is 10.4 Å². The average Bonchev–Trinajstić information content (AvgIpc) is 3.11. The number of aromatic nitrogens is 3. The Bertz CT molecular complexity index is 891. The quantitative estimate of drug-likeness (QED) is 0.761. The van der Waals surface area contributed by atoms with Crippen LogP contribution in [-0.2, 0) is 0 Å². The fourth-order valence-corrected chi connectivity index (χ4v) is 2.09. The van der Waals surface area contributed by atoms with Crippen molar-refractivity contribution in [2.24, 2.45) is 0 Å². The van der Waals surface area contributed by atoms with E-state index in [1.165, 1.54) is 26.4 Å². The van der Waals surface area contributed by atoms with E-state index in [-0.39, 0.29) is 23.2 Å². The highest BCUT2D eigenvalue weighted by Gasteiger charge is 2.17. The van der Waals surface area contributed by atoms with Gasteiger partial charge in [0.25, 0.3) is 5.89 Å². The van der Waals surface area contributed by atoms with Crippen LogP contribution in [0.5, 0.6) is 11.8 Å². The second kappa shape index (κ2) is 6.37. The van der Waals surface area contributed by atoms with Crippen LogP contribution in [0.15, 0.2) is 40.8 Å². The number of hydrogen-bond donors (Lipinski definition) is 1. The maximum Gasteiger partial charge on any atom is 0.335 e. The molecule has 8 nitrogen and oxygen atoms in total. The van der Waals surface area contributed by atoms with Crippen molar-refractivity contribution in [1.29, 1.82) is 0 Å². The van der Waals surface area contributed by atoms with Crippen LogP contribution in [-0.4, -0.2) is 40.5 Å². The van der Waals surface area contributed by atoms with Gasteiger partial charge in [-0.2, -0.15) is 4.98 Å². The van der Waals surface area contributed by atoms with E-state index in [1.807, 2.05) is 0 Å². The number of carbonyl (C=O) groups is 1. The van der Waals surface area contributed by atoms with Crippen LogP contribution in [0, 0.1) is 0 Å². The summed E-state index contributed by atoms with van der Waals surface area (Å²) < 4.78 is 15.9. The fourth-order valence-electron chi connectivity index (χ4n) is 2.09. The van der Waals surface area contributed by atoms with E-state index in [9.17, 15) is 4.79 Å². The van der Waals surface area contributed by atoms with Gasteiger partial charge >= 0.3 is 5.97 Å². The Morgan fingerprint density at radius 2 is 1.88 bits per heavy atom. The molecule has 1 aromatic carbocycles. The first kappa shape index (κ1) is 15.5. The van der Waals surface area contributed by atoms with Crippen molar-refractivity contribution in [3.05, 3.63) is 42.0 Å². The smallest absolute Gasteiger partial charge is 0.335 e. The fraction of sp³-hybridized carbons (Fsp3) is 0.125. The van der Waals surface area contributed by atoms with Gasteiger partial charge < -0.3 is 19.0 Å². The second-order valence-electron chi connectivity index (χ2n) is 4.71. The first-order chi connectivity index (χ1) is 11.6. The molecule has 24 heavy (non-hydrogen) atoms. The maximum atomic E-state index is 11.1. The zero-order valence-corrected chi connectivity index (χ0v) is 12.9. The molecular formula is C16H13N3O5. The third-order valence-electron chi connectivity index (χ3n) is 3.25. The molecule has 0 saturated heterocycles. The van der Waals surface area contributed by atoms with Gasteiger partial charge in [-0.25, -0.2) is 4.79 Å². The van der Waals surface area contributed by atoms with Gasteiger partial charge in [-0.1, -0.05) is 6.07 Å². The lowest BCUT2D eigenvalue weighted by molar-refractivity contribution is 0.0697. The number of carboxylic acid groups (broad SMARTS) is 1. The summed E-state index contributed by atoms with van der Waals surface area (Å²) >= 11 is 0.